The molecule has 0 fully saturated rings. The summed E-state index contributed by atoms with van der Waals surface area (Å²) in [6.45, 7) is 0. The molecule has 92 valence electrons. The van der Waals surface area contributed by atoms with Crippen LogP contribution in [0.4, 0.5) is 5.69 Å². The van der Waals surface area contributed by atoms with E-state index in [-0.39, 0.29) is 23.0 Å². The van der Waals surface area contributed by atoms with E-state index >= 15 is 0 Å². The van der Waals surface area contributed by atoms with E-state index in [1.807, 2.05) is 12.1 Å². The molecule has 0 aromatic heterocycles. The Balaban J connectivity index is 2.16. The molecule has 0 heterocycles. The first-order chi connectivity index (χ1) is 8.56. The molecule has 4 nitrogen and oxygen atoms in total. The van der Waals surface area contributed by atoms with Crippen LogP contribution in [-0.2, 0) is 0 Å². The van der Waals surface area contributed by atoms with Gasteiger partial charge in [-0.3, -0.25) is 4.79 Å². The molecule has 0 radical (unpaired) electrons. The second-order valence-corrected chi connectivity index (χ2v) is 4.58. The first-order valence-corrected chi connectivity index (χ1v) is 5.94. The lowest BCUT2D eigenvalue weighted by atomic mass is 10.2. The van der Waals surface area contributed by atoms with Gasteiger partial charge in [0.05, 0.1) is 0 Å². The van der Waals surface area contributed by atoms with E-state index < -0.39 is 0 Å². The summed E-state index contributed by atoms with van der Waals surface area (Å²) in [5.41, 5.74) is 0.920. The SMILES string of the molecule is O=C(Nc1ccc(Br)cc1)c1ccc(O)c(O)c1. The van der Waals surface area contributed by atoms with Crippen LogP contribution >= 0.6 is 15.9 Å². The Bertz CT molecular complexity index is 581. The Hall–Kier alpha value is -2.01. The molecule has 3 N–H and O–H groups in total. The molecule has 1 amide bonds. The fraction of sp³-hybridized carbons (Fsp3) is 0. The number of rotatable bonds is 2. The van der Waals surface area contributed by atoms with Crippen molar-refractivity contribution >= 4 is 27.5 Å². The van der Waals surface area contributed by atoms with Crippen molar-refractivity contribution in [1.82, 2.24) is 0 Å². The van der Waals surface area contributed by atoms with Gasteiger partial charge in [0.1, 0.15) is 0 Å². The molecule has 0 unspecified atom stereocenters. The minimum atomic E-state index is -0.354. The number of hydrogen-bond donors (Lipinski definition) is 3. The van der Waals surface area contributed by atoms with E-state index in [2.05, 4.69) is 21.2 Å². The number of anilines is 1. The van der Waals surface area contributed by atoms with Crippen molar-refractivity contribution in [3.05, 3.63) is 52.5 Å². The Morgan fingerprint density at radius 3 is 2.28 bits per heavy atom. The maximum Gasteiger partial charge on any atom is 0.255 e. The predicted octanol–water partition coefficient (Wildman–Crippen LogP) is 3.11. The molecule has 2 rings (SSSR count). The standard InChI is InChI=1S/C13H10BrNO3/c14-9-2-4-10(5-3-9)15-13(18)8-1-6-11(16)12(17)7-8/h1-7,16-17H,(H,15,18). The van der Waals surface area contributed by atoms with Crippen LogP contribution in [0.5, 0.6) is 11.5 Å². The zero-order chi connectivity index (χ0) is 13.1. The Labute approximate surface area is 112 Å². The maximum atomic E-state index is 11.8. The fourth-order valence-corrected chi connectivity index (χ4v) is 1.67. The summed E-state index contributed by atoms with van der Waals surface area (Å²) in [7, 11) is 0. The molecule has 0 saturated heterocycles. The van der Waals surface area contributed by atoms with Gasteiger partial charge in [-0.2, -0.15) is 0 Å². The summed E-state index contributed by atoms with van der Waals surface area (Å²) in [5.74, 6) is -0.929. The predicted molar refractivity (Wildman–Crippen MR) is 71.9 cm³/mol. The molecule has 0 saturated carbocycles. The van der Waals surface area contributed by atoms with Crippen LogP contribution < -0.4 is 5.32 Å². The third-order valence-electron chi connectivity index (χ3n) is 2.34. The molecule has 18 heavy (non-hydrogen) atoms. The lowest BCUT2D eigenvalue weighted by Gasteiger charge is -2.06. The smallest absolute Gasteiger partial charge is 0.255 e. The third kappa shape index (κ3) is 2.81. The van der Waals surface area contributed by atoms with Gasteiger partial charge >= 0.3 is 0 Å². The molecule has 0 spiro atoms. The number of halogens is 1. The average molecular weight is 308 g/mol. The lowest BCUT2D eigenvalue weighted by Crippen LogP contribution is -2.11. The zero-order valence-electron chi connectivity index (χ0n) is 9.22. The second-order valence-electron chi connectivity index (χ2n) is 3.66. The van der Waals surface area contributed by atoms with Crippen molar-refractivity contribution in [1.29, 1.82) is 0 Å². The van der Waals surface area contributed by atoms with Crippen LogP contribution in [0.1, 0.15) is 10.4 Å². The van der Waals surface area contributed by atoms with E-state index in [0.717, 1.165) is 4.47 Å². The topological polar surface area (TPSA) is 69.6 Å². The summed E-state index contributed by atoms with van der Waals surface area (Å²) < 4.78 is 0.919. The molecule has 2 aromatic rings. The summed E-state index contributed by atoms with van der Waals surface area (Å²) in [6.07, 6.45) is 0. The zero-order valence-corrected chi connectivity index (χ0v) is 10.8. The largest absolute Gasteiger partial charge is 0.504 e. The number of carbonyl (C=O) groups is 1. The number of aromatic hydroxyl groups is 2. The molecule has 0 aliphatic rings. The quantitative estimate of drug-likeness (QED) is 0.747. The summed E-state index contributed by atoms with van der Waals surface area (Å²) in [6, 6.07) is 11.0. The van der Waals surface area contributed by atoms with Crippen molar-refractivity contribution in [2.24, 2.45) is 0 Å². The normalized spacial score (nSPS) is 10.1. The van der Waals surface area contributed by atoms with E-state index in [1.54, 1.807) is 12.1 Å². The monoisotopic (exact) mass is 307 g/mol. The van der Waals surface area contributed by atoms with Crippen molar-refractivity contribution in [3.63, 3.8) is 0 Å². The minimum Gasteiger partial charge on any atom is -0.504 e. The molecule has 0 bridgehead atoms. The van der Waals surface area contributed by atoms with Crippen molar-refractivity contribution in [2.75, 3.05) is 5.32 Å². The first-order valence-electron chi connectivity index (χ1n) is 5.15. The van der Waals surface area contributed by atoms with Crippen LogP contribution in [0.25, 0.3) is 0 Å². The number of hydrogen-bond acceptors (Lipinski definition) is 3. The molecule has 5 heteroatoms. The molecule has 0 aliphatic heterocycles. The lowest BCUT2D eigenvalue weighted by molar-refractivity contribution is 0.102. The van der Waals surface area contributed by atoms with Gasteiger partial charge in [-0.05, 0) is 42.5 Å². The number of amides is 1. The summed E-state index contributed by atoms with van der Waals surface area (Å²) in [4.78, 5) is 11.8. The van der Waals surface area contributed by atoms with E-state index in [1.165, 1.54) is 18.2 Å². The first kappa shape index (κ1) is 12.4. The van der Waals surface area contributed by atoms with E-state index in [0.29, 0.717) is 5.69 Å². The highest BCUT2D eigenvalue weighted by molar-refractivity contribution is 9.10. The minimum absolute atomic E-state index is 0.254. The maximum absolute atomic E-state index is 11.8. The van der Waals surface area contributed by atoms with Crippen LogP contribution in [0.2, 0.25) is 0 Å². The van der Waals surface area contributed by atoms with Gasteiger partial charge in [0.25, 0.3) is 5.91 Å². The average Bonchev–Trinajstić information content (AvgIpc) is 2.35. The fourth-order valence-electron chi connectivity index (χ4n) is 1.40. The second kappa shape index (κ2) is 5.10. The summed E-state index contributed by atoms with van der Waals surface area (Å²) in [5, 5.41) is 21.2. The van der Waals surface area contributed by atoms with Gasteiger partial charge in [0, 0.05) is 15.7 Å². The molecule has 0 atom stereocenters. The number of phenolic OH excluding ortho intramolecular Hbond substituents is 2. The number of carbonyl (C=O) groups excluding carboxylic acids is 1. The van der Waals surface area contributed by atoms with Crippen LogP contribution in [0, 0.1) is 0 Å². The van der Waals surface area contributed by atoms with Gasteiger partial charge < -0.3 is 15.5 Å². The van der Waals surface area contributed by atoms with Gasteiger partial charge in [0.15, 0.2) is 11.5 Å². The molecular formula is C13H10BrNO3. The van der Waals surface area contributed by atoms with Gasteiger partial charge in [-0.15, -0.1) is 0 Å². The van der Waals surface area contributed by atoms with Gasteiger partial charge in [-0.1, -0.05) is 15.9 Å². The van der Waals surface area contributed by atoms with Gasteiger partial charge in [-0.25, -0.2) is 0 Å². The molecule has 0 aliphatic carbocycles. The number of phenols is 2. The molecular weight excluding hydrogens is 298 g/mol. The van der Waals surface area contributed by atoms with Crippen LogP contribution in [0.3, 0.4) is 0 Å². The number of nitrogens with one attached hydrogen (secondary N) is 1. The third-order valence-corrected chi connectivity index (χ3v) is 2.87. The highest BCUT2D eigenvalue weighted by atomic mass is 79.9. The summed E-state index contributed by atoms with van der Waals surface area (Å²) >= 11 is 3.30. The van der Waals surface area contributed by atoms with Gasteiger partial charge in [0.2, 0.25) is 0 Å². The Morgan fingerprint density at radius 2 is 1.67 bits per heavy atom. The van der Waals surface area contributed by atoms with Crippen molar-refractivity contribution in [3.8, 4) is 11.5 Å². The highest BCUT2D eigenvalue weighted by Crippen LogP contribution is 2.25. The van der Waals surface area contributed by atoms with Crippen LogP contribution in [-0.4, -0.2) is 16.1 Å². The number of benzene rings is 2. The van der Waals surface area contributed by atoms with E-state index in [4.69, 9.17) is 5.11 Å². The highest BCUT2D eigenvalue weighted by Gasteiger charge is 2.08. The molecule has 2 aromatic carbocycles. The van der Waals surface area contributed by atoms with E-state index in [9.17, 15) is 9.90 Å². The Morgan fingerprint density at radius 1 is 1.00 bits per heavy atom. The van der Waals surface area contributed by atoms with Crippen LogP contribution in [0.15, 0.2) is 46.9 Å². The van der Waals surface area contributed by atoms with Crippen molar-refractivity contribution < 1.29 is 15.0 Å². The Kier molecular flexibility index (Phi) is 3.53. The van der Waals surface area contributed by atoms with Crippen molar-refractivity contribution in [2.45, 2.75) is 0 Å².